The van der Waals surface area contributed by atoms with E-state index in [1.165, 1.54) is 0 Å². The smallest absolute Gasteiger partial charge is 0.313 e. The molecule has 0 unspecified atom stereocenters. The summed E-state index contributed by atoms with van der Waals surface area (Å²) in [6.07, 6.45) is 0.0879. The molecule has 0 saturated heterocycles. The van der Waals surface area contributed by atoms with E-state index in [1.54, 1.807) is 0 Å². The fourth-order valence-corrected chi connectivity index (χ4v) is 0.645. The van der Waals surface area contributed by atoms with E-state index in [1.807, 2.05) is 41.5 Å². The molecule has 0 amide bonds. The lowest BCUT2D eigenvalue weighted by molar-refractivity contribution is -0.172. The van der Waals surface area contributed by atoms with Crippen molar-refractivity contribution in [3.05, 3.63) is 0 Å². The Morgan fingerprint density at radius 2 is 1.71 bits per heavy atom. The highest BCUT2D eigenvalue weighted by Crippen LogP contribution is 2.27. The molecule has 0 heterocycles. The van der Waals surface area contributed by atoms with E-state index in [-0.39, 0.29) is 24.8 Å². The second kappa shape index (κ2) is 5.35. The van der Waals surface area contributed by atoms with Gasteiger partial charge in [-0.05, 0) is 33.6 Å². The first-order valence-electron chi connectivity index (χ1n) is 5.07. The maximum atomic E-state index is 11.6. The number of carbonyl (C=O) groups excluding carboxylic acids is 1. The Balaban J connectivity index is 3.96. The molecule has 14 heavy (non-hydrogen) atoms. The molecule has 0 rings (SSSR count). The van der Waals surface area contributed by atoms with Crippen molar-refractivity contribution in [2.45, 2.75) is 47.6 Å². The Morgan fingerprint density at radius 3 is 2.07 bits per heavy atom. The van der Waals surface area contributed by atoms with Gasteiger partial charge in [0, 0.05) is 0 Å². The summed E-state index contributed by atoms with van der Waals surface area (Å²) in [5, 5.41) is 0. The molecular formula is C11H22O3. The van der Waals surface area contributed by atoms with Gasteiger partial charge in [0.2, 0.25) is 0 Å². The molecule has 0 bridgehead atoms. The molecule has 3 nitrogen and oxygen atoms in total. The van der Waals surface area contributed by atoms with E-state index >= 15 is 0 Å². The van der Waals surface area contributed by atoms with Gasteiger partial charge in [0.15, 0.2) is 6.79 Å². The minimum absolute atomic E-state index is 0.0483. The zero-order chi connectivity index (χ0) is 11.4. The molecule has 0 aliphatic rings. The molecule has 0 aliphatic heterocycles. The Kier molecular flexibility index (Phi) is 5.13. The minimum atomic E-state index is -0.444. The maximum absolute atomic E-state index is 11.6. The third-order valence-corrected chi connectivity index (χ3v) is 2.56. The highest BCUT2D eigenvalue weighted by molar-refractivity contribution is 5.76. The average molecular weight is 202 g/mol. The topological polar surface area (TPSA) is 35.5 Å². The van der Waals surface area contributed by atoms with Crippen LogP contribution in [-0.2, 0) is 14.3 Å². The Bertz CT molecular complexity index is 183. The molecule has 0 fully saturated rings. The van der Waals surface area contributed by atoms with Crippen LogP contribution in [0.2, 0.25) is 0 Å². The van der Waals surface area contributed by atoms with Crippen molar-refractivity contribution < 1.29 is 14.3 Å². The summed E-state index contributed by atoms with van der Waals surface area (Å²) in [4.78, 5) is 11.6. The quantitative estimate of drug-likeness (QED) is 0.508. The Labute approximate surface area is 86.8 Å². The molecular weight excluding hydrogens is 180 g/mol. The molecule has 3 heteroatoms. The lowest BCUT2D eigenvalue weighted by Crippen LogP contribution is -2.32. The number of hydrogen-bond donors (Lipinski definition) is 0. The summed E-state index contributed by atoms with van der Waals surface area (Å²) in [6, 6.07) is 0. The summed E-state index contributed by atoms with van der Waals surface area (Å²) in [5.41, 5.74) is -0.444. The third-order valence-electron chi connectivity index (χ3n) is 2.56. The zero-order valence-corrected chi connectivity index (χ0v) is 10.1. The Hall–Kier alpha value is -0.570. The predicted octanol–water partition coefficient (Wildman–Crippen LogP) is 2.59. The largest absolute Gasteiger partial charge is 0.438 e. The monoisotopic (exact) mass is 202 g/mol. The molecule has 0 N–H and O–H groups in total. The van der Waals surface area contributed by atoms with Gasteiger partial charge in [-0.2, -0.15) is 0 Å². The van der Waals surface area contributed by atoms with Crippen LogP contribution in [0, 0.1) is 11.3 Å². The van der Waals surface area contributed by atoms with Crippen LogP contribution >= 0.6 is 0 Å². The number of carbonyl (C=O) groups is 1. The van der Waals surface area contributed by atoms with Crippen molar-refractivity contribution in [3.63, 3.8) is 0 Å². The lowest BCUT2D eigenvalue weighted by atomic mass is 9.81. The van der Waals surface area contributed by atoms with Crippen molar-refractivity contribution in [2.24, 2.45) is 11.3 Å². The second-order valence-electron chi connectivity index (χ2n) is 4.64. The molecule has 0 spiro atoms. The van der Waals surface area contributed by atoms with Gasteiger partial charge < -0.3 is 9.47 Å². The van der Waals surface area contributed by atoms with Crippen molar-refractivity contribution in [1.29, 1.82) is 0 Å². The van der Waals surface area contributed by atoms with Crippen molar-refractivity contribution in [1.82, 2.24) is 0 Å². The first-order chi connectivity index (χ1) is 6.28. The normalized spacial score (nSPS) is 12.3. The van der Waals surface area contributed by atoms with Crippen LogP contribution in [0.4, 0.5) is 0 Å². The molecule has 0 saturated carbocycles. The summed E-state index contributed by atoms with van der Waals surface area (Å²) >= 11 is 0. The Morgan fingerprint density at radius 1 is 1.21 bits per heavy atom. The van der Waals surface area contributed by atoms with Crippen LogP contribution < -0.4 is 0 Å². The highest BCUT2D eigenvalue weighted by Gasteiger charge is 2.32. The number of hydrogen-bond acceptors (Lipinski definition) is 3. The number of ether oxygens (including phenoxy) is 2. The maximum Gasteiger partial charge on any atom is 0.313 e. The van der Waals surface area contributed by atoms with Gasteiger partial charge in [-0.15, -0.1) is 0 Å². The van der Waals surface area contributed by atoms with Gasteiger partial charge in [0.05, 0.1) is 11.5 Å². The number of esters is 1. The first kappa shape index (κ1) is 13.4. The van der Waals surface area contributed by atoms with Gasteiger partial charge in [0.1, 0.15) is 0 Å². The molecule has 0 aliphatic carbocycles. The van der Waals surface area contributed by atoms with Crippen LogP contribution in [0.1, 0.15) is 41.5 Å². The SMILES string of the molecule is CC(C)OCOC(=O)C(C)(C)C(C)C. The van der Waals surface area contributed by atoms with E-state index in [0.717, 1.165) is 0 Å². The lowest BCUT2D eigenvalue weighted by Gasteiger charge is -2.26. The van der Waals surface area contributed by atoms with E-state index in [9.17, 15) is 4.79 Å². The van der Waals surface area contributed by atoms with Gasteiger partial charge >= 0.3 is 5.97 Å². The molecule has 0 aromatic carbocycles. The van der Waals surface area contributed by atoms with E-state index in [0.29, 0.717) is 0 Å². The van der Waals surface area contributed by atoms with E-state index < -0.39 is 5.41 Å². The van der Waals surface area contributed by atoms with Crippen LogP contribution in [0.3, 0.4) is 0 Å². The predicted molar refractivity (Wildman–Crippen MR) is 55.8 cm³/mol. The molecule has 0 aromatic rings. The first-order valence-corrected chi connectivity index (χ1v) is 5.07. The summed E-state index contributed by atoms with van der Waals surface area (Å²) in [7, 11) is 0. The zero-order valence-electron chi connectivity index (χ0n) is 10.1. The third kappa shape index (κ3) is 4.09. The summed E-state index contributed by atoms with van der Waals surface area (Å²) in [6.45, 7) is 11.6. The van der Waals surface area contributed by atoms with Crippen LogP contribution in [-0.4, -0.2) is 18.9 Å². The molecule has 84 valence electrons. The molecule has 0 radical (unpaired) electrons. The van der Waals surface area contributed by atoms with E-state index in [2.05, 4.69) is 0 Å². The fraction of sp³-hybridized carbons (Fsp3) is 0.909. The fourth-order valence-electron chi connectivity index (χ4n) is 0.645. The minimum Gasteiger partial charge on any atom is -0.438 e. The second-order valence-corrected chi connectivity index (χ2v) is 4.64. The van der Waals surface area contributed by atoms with Crippen molar-refractivity contribution in [3.8, 4) is 0 Å². The van der Waals surface area contributed by atoms with Crippen molar-refractivity contribution >= 4 is 5.97 Å². The van der Waals surface area contributed by atoms with Crippen LogP contribution in [0.25, 0.3) is 0 Å². The molecule has 0 aromatic heterocycles. The average Bonchev–Trinajstić information content (AvgIpc) is 2.02. The number of rotatable bonds is 5. The summed E-state index contributed by atoms with van der Waals surface area (Å²) in [5.74, 6) is 0.0576. The van der Waals surface area contributed by atoms with Gasteiger partial charge in [-0.3, -0.25) is 4.79 Å². The van der Waals surface area contributed by atoms with Crippen molar-refractivity contribution in [2.75, 3.05) is 6.79 Å². The van der Waals surface area contributed by atoms with Crippen LogP contribution in [0.5, 0.6) is 0 Å². The van der Waals surface area contributed by atoms with Gasteiger partial charge in [-0.25, -0.2) is 0 Å². The standard InChI is InChI=1S/C11H22O3/c1-8(2)11(5,6)10(12)14-7-13-9(3)4/h8-9H,7H2,1-6H3. The highest BCUT2D eigenvalue weighted by atomic mass is 16.7. The van der Waals surface area contributed by atoms with Crippen LogP contribution in [0.15, 0.2) is 0 Å². The molecule has 0 atom stereocenters. The summed E-state index contributed by atoms with van der Waals surface area (Å²) < 4.78 is 10.2. The van der Waals surface area contributed by atoms with Gasteiger partial charge in [-0.1, -0.05) is 13.8 Å². The van der Waals surface area contributed by atoms with E-state index in [4.69, 9.17) is 9.47 Å². The van der Waals surface area contributed by atoms with Gasteiger partial charge in [0.25, 0.3) is 0 Å².